The number of likely N-dealkylation sites (tertiary alicyclic amines) is 1. The van der Waals surface area contributed by atoms with Crippen LogP contribution >= 0.6 is 0 Å². The van der Waals surface area contributed by atoms with Gasteiger partial charge >= 0.3 is 0 Å². The maximum atomic E-state index is 12.6. The van der Waals surface area contributed by atoms with Crippen LogP contribution in [-0.2, 0) is 0 Å². The molecule has 1 heterocycles. The Morgan fingerprint density at radius 3 is 2.40 bits per heavy atom. The Morgan fingerprint density at radius 2 is 1.76 bits per heavy atom. The highest BCUT2D eigenvalue weighted by Gasteiger charge is 2.25. The highest BCUT2D eigenvalue weighted by Crippen LogP contribution is 2.31. The molecule has 1 saturated heterocycles. The number of nitro groups is 1. The summed E-state index contributed by atoms with van der Waals surface area (Å²) in [5, 5.41) is 22.0. The molecule has 6 heteroatoms. The van der Waals surface area contributed by atoms with E-state index in [4.69, 9.17) is 0 Å². The van der Waals surface area contributed by atoms with E-state index in [1.54, 1.807) is 35.2 Å². The number of aliphatic hydroxyl groups excluding tert-OH is 1. The van der Waals surface area contributed by atoms with Crippen LogP contribution in [0.2, 0.25) is 0 Å². The van der Waals surface area contributed by atoms with E-state index in [9.17, 15) is 20.0 Å². The van der Waals surface area contributed by atoms with Crippen LogP contribution in [0.1, 0.15) is 46.9 Å². The molecular formula is C19H20N2O4. The monoisotopic (exact) mass is 340 g/mol. The molecule has 0 radical (unpaired) electrons. The van der Waals surface area contributed by atoms with Crippen molar-refractivity contribution in [2.45, 2.75) is 25.4 Å². The quantitative estimate of drug-likeness (QED) is 0.684. The first kappa shape index (κ1) is 17.1. The summed E-state index contributed by atoms with van der Waals surface area (Å²) >= 11 is 0. The Balaban J connectivity index is 1.93. The van der Waals surface area contributed by atoms with Gasteiger partial charge in [-0.15, -0.1) is 0 Å². The van der Waals surface area contributed by atoms with Crippen molar-refractivity contribution in [2.75, 3.05) is 13.1 Å². The van der Waals surface area contributed by atoms with Gasteiger partial charge in [0.15, 0.2) is 0 Å². The largest absolute Gasteiger partial charge is 0.383 e. The molecule has 1 unspecified atom stereocenters. The van der Waals surface area contributed by atoms with Gasteiger partial charge in [-0.25, -0.2) is 0 Å². The Labute approximate surface area is 145 Å². The van der Waals surface area contributed by atoms with Crippen molar-refractivity contribution in [3.63, 3.8) is 0 Å². The molecule has 0 saturated carbocycles. The highest BCUT2D eigenvalue weighted by atomic mass is 16.6. The van der Waals surface area contributed by atoms with E-state index in [-0.39, 0.29) is 22.7 Å². The van der Waals surface area contributed by atoms with Crippen molar-refractivity contribution in [2.24, 2.45) is 0 Å². The van der Waals surface area contributed by atoms with Crippen LogP contribution in [0.4, 0.5) is 5.69 Å². The average molecular weight is 340 g/mol. The first-order valence-electron chi connectivity index (χ1n) is 8.38. The number of carbonyl (C=O) groups is 1. The summed E-state index contributed by atoms with van der Waals surface area (Å²) in [5.41, 5.74) is 0.809. The molecule has 0 spiro atoms. The molecule has 1 aliphatic heterocycles. The number of nitrogens with zero attached hydrogens (tertiary/aromatic N) is 2. The molecule has 3 rings (SSSR count). The third-order valence-corrected chi connectivity index (χ3v) is 4.53. The lowest BCUT2D eigenvalue weighted by Crippen LogP contribution is -2.35. The van der Waals surface area contributed by atoms with Crippen LogP contribution in [0.15, 0.2) is 48.5 Å². The summed E-state index contributed by atoms with van der Waals surface area (Å²) in [6, 6.07) is 13.1. The molecule has 2 aromatic rings. The number of nitro benzene ring substituents is 1. The summed E-state index contributed by atoms with van der Waals surface area (Å²) in [7, 11) is 0. The number of amides is 1. The number of piperidine rings is 1. The van der Waals surface area contributed by atoms with Crippen LogP contribution < -0.4 is 0 Å². The standard InChI is InChI=1S/C19H20N2O4/c22-18(14-7-3-1-4-8-14)16-10-9-15(13-17(16)21(24)25)19(23)20-11-5-2-6-12-20/h1,3-4,7-10,13,18,22H,2,5-6,11-12H2. The van der Waals surface area contributed by atoms with Crippen molar-refractivity contribution in [1.82, 2.24) is 4.90 Å². The molecule has 25 heavy (non-hydrogen) atoms. The minimum Gasteiger partial charge on any atom is -0.383 e. The molecular weight excluding hydrogens is 320 g/mol. The van der Waals surface area contributed by atoms with Gasteiger partial charge in [0.05, 0.1) is 10.5 Å². The normalized spacial score (nSPS) is 15.6. The van der Waals surface area contributed by atoms with Gasteiger partial charge in [-0.05, 0) is 37.0 Å². The topological polar surface area (TPSA) is 83.7 Å². The van der Waals surface area contributed by atoms with Crippen molar-refractivity contribution in [3.05, 3.63) is 75.3 Å². The van der Waals surface area contributed by atoms with Crippen LogP contribution in [0.3, 0.4) is 0 Å². The second-order valence-electron chi connectivity index (χ2n) is 6.20. The SMILES string of the molecule is O=C(c1ccc(C(O)c2ccccc2)c([N+](=O)[O-])c1)N1CCCCC1. The third kappa shape index (κ3) is 3.69. The van der Waals surface area contributed by atoms with Crippen molar-refractivity contribution in [1.29, 1.82) is 0 Å². The molecule has 0 bridgehead atoms. The van der Waals surface area contributed by atoms with E-state index in [1.165, 1.54) is 12.1 Å². The molecule has 130 valence electrons. The molecule has 1 N–H and O–H groups in total. The number of hydrogen-bond donors (Lipinski definition) is 1. The third-order valence-electron chi connectivity index (χ3n) is 4.53. The highest BCUT2D eigenvalue weighted by molar-refractivity contribution is 5.95. The fourth-order valence-electron chi connectivity index (χ4n) is 3.16. The second kappa shape index (κ2) is 7.44. The molecule has 1 aliphatic rings. The average Bonchev–Trinajstić information content (AvgIpc) is 2.67. The lowest BCUT2D eigenvalue weighted by atomic mass is 9.98. The van der Waals surface area contributed by atoms with E-state index < -0.39 is 11.0 Å². The van der Waals surface area contributed by atoms with Crippen molar-refractivity contribution >= 4 is 11.6 Å². The predicted octanol–water partition coefficient (Wildman–Crippen LogP) is 3.30. The van der Waals surface area contributed by atoms with Gasteiger partial charge in [-0.3, -0.25) is 14.9 Å². The summed E-state index contributed by atoms with van der Waals surface area (Å²) in [5.74, 6) is -0.191. The number of rotatable bonds is 4. The van der Waals surface area contributed by atoms with Gasteiger partial charge in [0.1, 0.15) is 6.10 Å². The second-order valence-corrected chi connectivity index (χ2v) is 6.20. The van der Waals surface area contributed by atoms with E-state index in [1.807, 2.05) is 6.07 Å². The zero-order valence-corrected chi connectivity index (χ0v) is 13.8. The van der Waals surface area contributed by atoms with E-state index in [2.05, 4.69) is 0 Å². The first-order valence-corrected chi connectivity index (χ1v) is 8.38. The smallest absolute Gasteiger partial charge is 0.276 e. The minimum atomic E-state index is -1.11. The Hall–Kier alpha value is -2.73. The number of hydrogen-bond acceptors (Lipinski definition) is 4. The maximum absolute atomic E-state index is 12.6. The maximum Gasteiger partial charge on any atom is 0.276 e. The van der Waals surface area contributed by atoms with Gasteiger partial charge in [-0.2, -0.15) is 0 Å². The zero-order valence-electron chi connectivity index (χ0n) is 13.8. The number of aliphatic hydroxyl groups is 1. The summed E-state index contributed by atoms with van der Waals surface area (Å²) in [6.45, 7) is 1.36. The van der Waals surface area contributed by atoms with Gasteiger partial charge in [0.25, 0.3) is 11.6 Å². The fourth-order valence-corrected chi connectivity index (χ4v) is 3.16. The van der Waals surface area contributed by atoms with Crippen molar-refractivity contribution < 1.29 is 14.8 Å². The number of benzene rings is 2. The Kier molecular flexibility index (Phi) is 5.09. The Bertz CT molecular complexity index is 770. The van der Waals surface area contributed by atoms with E-state index in [0.717, 1.165) is 19.3 Å². The zero-order chi connectivity index (χ0) is 17.8. The fraction of sp³-hybridized carbons (Fsp3) is 0.316. The minimum absolute atomic E-state index is 0.186. The van der Waals surface area contributed by atoms with E-state index in [0.29, 0.717) is 18.7 Å². The summed E-state index contributed by atoms with van der Waals surface area (Å²) in [6.07, 6.45) is 1.91. The van der Waals surface area contributed by atoms with E-state index >= 15 is 0 Å². The lowest BCUT2D eigenvalue weighted by Gasteiger charge is -2.26. The van der Waals surface area contributed by atoms with Gasteiger partial charge in [0, 0.05) is 24.7 Å². The molecule has 2 aromatic carbocycles. The van der Waals surface area contributed by atoms with Crippen LogP contribution in [0.5, 0.6) is 0 Å². The van der Waals surface area contributed by atoms with Crippen LogP contribution in [0.25, 0.3) is 0 Å². The molecule has 6 nitrogen and oxygen atoms in total. The summed E-state index contributed by atoms with van der Waals surface area (Å²) in [4.78, 5) is 25.2. The number of carbonyl (C=O) groups excluding carboxylic acids is 1. The van der Waals surface area contributed by atoms with Crippen molar-refractivity contribution in [3.8, 4) is 0 Å². The van der Waals surface area contributed by atoms with Crippen LogP contribution in [0, 0.1) is 10.1 Å². The molecule has 0 aromatic heterocycles. The van der Waals surface area contributed by atoms with Crippen LogP contribution in [-0.4, -0.2) is 33.9 Å². The predicted molar refractivity (Wildman–Crippen MR) is 93.4 cm³/mol. The molecule has 1 amide bonds. The molecule has 0 aliphatic carbocycles. The summed E-state index contributed by atoms with van der Waals surface area (Å²) < 4.78 is 0. The van der Waals surface area contributed by atoms with Gasteiger partial charge in [-0.1, -0.05) is 30.3 Å². The Morgan fingerprint density at radius 1 is 1.08 bits per heavy atom. The van der Waals surface area contributed by atoms with Gasteiger partial charge in [0.2, 0.25) is 0 Å². The van der Waals surface area contributed by atoms with Gasteiger partial charge < -0.3 is 10.0 Å². The lowest BCUT2D eigenvalue weighted by molar-refractivity contribution is -0.386. The first-order chi connectivity index (χ1) is 12.1. The molecule has 1 atom stereocenters. The molecule has 1 fully saturated rings.